The topological polar surface area (TPSA) is 98.8 Å². The Balaban J connectivity index is 2.18. The normalized spacial score (nSPS) is 11.4. The number of benzene rings is 1. The van der Waals surface area contributed by atoms with Crippen LogP contribution in [0.3, 0.4) is 0 Å². The number of pyridine rings is 1. The Kier molecular flexibility index (Phi) is 4.50. The van der Waals surface area contributed by atoms with Gasteiger partial charge in [0.15, 0.2) is 9.84 Å². The zero-order chi connectivity index (χ0) is 18.0. The minimum atomic E-state index is -3.24. The van der Waals surface area contributed by atoms with E-state index in [9.17, 15) is 8.42 Å². The van der Waals surface area contributed by atoms with Crippen LogP contribution in [0.4, 0.5) is 5.82 Å². The fraction of sp³-hybridized carbons (Fsp3) is 0.167. The first kappa shape index (κ1) is 17.0. The van der Waals surface area contributed by atoms with Crippen molar-refractivity contribution in [3.05, 3.63) is 54.6 Å². The van der Waals surface area contributed by atoms with Crippen LogP contribution < -0.4 is 5.73 Å². The molecule has 0 radical (unpaired) electrons. The van der Waals surface area contributed by atoms with Gasteiger partial charge in [-0.15, -0.1) is 0 Å². The van der Waals surface area contributed by atoms with E-state index in [1.807, 2.05) is 13.0 Å². The zero-order valence-corrected chi connectivity index (χ0v) is 14.8. The van der Waals surface area contributed by atoms with Crippen LogP contribution in [0.25, 0.3) is 22.4 Å². The Morgan fingerprint density at radius 2 is 1.64 bits per heavy atom. The molecular weight excluding hydrogens is 336 g/mol. The van der Waals surface area contributed by atoms with Crippen molar-refractivity contribution < 1.29 is 8.42 Å². The number of sulfone groups is 1. The van der Waals surface area contributed by atoms with Crippen molar-refractivity contribution in [1.29, 1.82) is 0 Å². The number of aromatic nitrogens is 3. The first-order chi connectivity index (χ1) is 11.9. The Labute approximate surface area is 146 Å². The van der Waals surface area contributed by atoms with Crippen LogP contribution in [-0.2, 0) is 16.3 Å². The summed E-state index contributed by atoms with van der Waals surface area (Å²) in [5, 5.41) is 0. The number of anilines is 1. The second-order valence-corrected chi connectivity index (χ2v) is 7.68. The third kappa shape index (κ3) is 3.51. The summed E-state index contributed by atoms with van der Waals surface area (Å²) in [6, 6.07) is 10.3. The molecule has 0 amide bonds. The van der Waals surface area contributed by atoms with Gasteiger partial charge in [-0.3, -0.25) is 0 Å². The summed E-state index contributed by atoms with van der Waals surface area (Å²) in [6.45, 7) is 2.02. The molecule has 25 heavy (non-hydrogen) atoms. The largest absolute Gasteiger partial charge is 0.384 e. The molecule has 3 rings (SSSR count). The molecule has 0 bridgehead atoms. The first-order valence-corrected chi connectivity index (χ1v) is 9.65. The van der Waals surface area contributed by atoms with Crippen molar-refractivity contribution in [2.45, 2.75) is 18.2 Å². The average Bonchev–Trinajstić information content (AvgIpc) is 2.61. The molecule has 2 heterocycles. The van der Waals surface area contributed by atoms with Crippen molar-refractivity contribution in [3.8, 4) is 22.4 Å². The third-order valence-electron chi connectivity index (χ3n) is 3.89. The number of hydrogen-bond acceptors (Lipinski definition) is 6. The van der Waals surface area contributed by atoms with E-state index in [1.165, 1.54) is 12.6 Å². The quantitative estimate of drug-likeness (QED) is 0.773. The van der Waals surface area contributed by atoms with Crippen molar-refractivity contribution in [2.75, 3.05) is 12.0 Å². The predicted octanol–water partition coefficient (Wildman–Crippen LogP) is 2.75. The highest BCUT2D eigenvalue weighted by atomic mass is 32.2. The van der Waals surface area contributed by atoms with Crippen LogP contribution in [0.5, 0.6) is 0 Å². The van der Waals surface area contributed by atoms with Gasteiger partial charge in [0.2, 0.25) is 0 Å². The summed E-state index contributed by atoms with van der Waals surface area (Å²) in [7, 11) is -3.24. The Bertz CT molecular complexity index is 998. The van der Waals surface area contributed by atoms with Crippen LogP contribution >= 0.6 is 0 Å². The Morgan fingerprint density at radius 3 is 2.20 bits per heavy atom. The highest BCUT2D eigenvalue weighted by molar-refractivity contribution is 7.90. The summed E-state index contributed by atoms with van der Waals surface area (Å²) in [4.78, 5) is 13.2. The SMILES string of the molecule is CCc1ncnc(-c2ccc(S(C)(=O)=O)cc2)c1-c1ccc(N)nc1. The number of nitrogens with zero attached hydrogens (tertiary/aromatic N) is 3. The molecule has 0 aliphatic rings. The van der Waals surface area contributed by atoms with Crippen LogP contribution in [-0.4, -0.2) is 29.6 Å². The van der Waals surface area contributed by atoms with Gasteiger partial charge in [0.1, 0.15) is 12.1 Å². The lowest BCUT2D eigenvalue weighted by molar-refractivity contribution is 0.602. The number of aryl methyl sites for hydroxylation is 1. The van der Waals surface area contributed by atoms with Crippen LogP contribution in [0.1, 0.15) is 12.6 Å². The van der Waals surface area contributed by atoms with Crippen LogP contribution in [0, 0.1) is 0 Å². The van der Waals surface area contributed by atoms with E-state index in [2.05, 4.69) is 15.0 Å². The number of nitrogen functional groups attached to an aromatic ring is 1. The van der Waals surface area contributed by atoms with Gasteiger partial charge < -0.3 is 5.73 Å². The minimum Gasteiger partial charge on any atom is -0.384 e. The molecule has 1 aromatic carbocycles. The summed E-state index contributed by atoms with van der Waals surface area (Å²) in [5.74, 6) is 0.442. The molecule has 0 aliphatic heterocycles. The average molecular weight is 354 g/mol. The maximum atomic E-state index is 11.7. The lowest BCUT2D eigenvalue weighted by Crippen LogP contribution is -2.00. The number of rotatable bonds is 4. The summed E-state index contributed by atoms with van der Waals surface area (Å²) < 4.78 is 23.3. The molecule has 0 saturated heterocycles. The number of nitrogens with two attached hydrogens (primary N) is 1. The fourth-order valence-corrected chi connectivity index (χ4v) is 3.26. The van der Waals surface area contributed by atoms with E-state index in [1.54, 1.807) is 36.5 Å². The van der Waals surface area contributed by atoms with Gasteiger partial charge in [-0.1, -0.05) is 19.1 Å². The van der Waals surface area contributed by atoms with E-state index in [0.29, 0.717) is 5.82 Å². The molecule has 0 spiro atoms. The molecule has 2 aromatic heterocycles. The van der Waals surface area contributed by atoms with Crippen molar-refractivity contribution >= 4 is 15.7 Å². The second-order valence-electron chi connectivity index (χ2n) is 5.67. The molecular formula is C18H18N4O2S. The van der Waals surface area contributed by atoms with Crippen molar-refractivity contribution in [3.63, 3.8) is 0 Å². The van der Waals surface area contributed by atoms with Gasteiger partial charge >= 0.3 is 0 Å². The van der Waals surface area contributed by atoms with Gasteiger partial charge in [0, 0.05) is 29.1 Å². The van der Waals surface area contributed by atoms with Gasteiger partial charge in [-0.2, -0.15) is 0 Å². The predicted molar refractivity (Wildman–Crippen MR) is 97.6 cm³/mol. The molecule has 3 aromatic rings. The first-order valence-electron chi connectivity index (χ1n) is 7.76. The van der Waals surface area contributed by atoms with E-state index < -0.39 is 9.84 Å². The summed E-state index contributed by atoms with van der Waals surface area (Å²) in [6.07, 6.45) is 5.14. The van der Waals surface area contributed by atoms with E-state index in [-0.39, 0.29) is 4.90 Å². The molecule has 2 N–H and O–H groups in total. The van der Waals surface area contributed by atoms with Crippen molar-refractivity contribution in [1.82, 2.24) is 15.0 Å². The molecule has 0 atom stereocenters. The Morgan fingerprint density at radius 1 is 0.960 bits per heavy atom. The molecule has 128 valence electrons. The van der Waals surface area contributed by atoms with Crippen LogP contribution in [0.2, 0.25) is 0 Å². The molecule has 0 fully saturated rings. The maximum Gasteiger partial charge on any atom is 0.175 e. The molecule has 0 saturated carbocycles. The summed E-state index contributed by atoms with van der Waals surface area (Å²) in [5.41, 5.74) is 9.87. The molecule has 0 unspecified atom stereocenters. The zero-order valence-electron chi connectivity index (χ0n) is 14.0. The monoisotopic (exact) mass is 354 g/mol. The summed E-state index contributed by atoms with van der Waals surface area (Å²) >= 11 is 0. The van der Waals surface area contributed by atoms with Crippen LogP contribution in [0.15, 0.2) is 53.8 Å². The minimum absolute atomic E-state index is 0.275. The smallest absolute Gasteiger partial charge is 0.175 e. The highest BCUT2D eigenvalue weighted by Crippen LogP contribution is 2.33. The van der Waals surface area contributed by atoms with E-state index in [4.69, 9.17) is 5.73 Å². The standard InChI is InChI=1S/C18H18N4O2S/c1-3-15-17(13-6-9-16(19)20-10-13)18(22-11-21-15)12-4-7-14(8-5-12)25(2,23)24/h4-11H,3H2,1-2H3,(H2,19,20). The van der Waals surface area contributed by atoms with Gasteiger partial charge in [0.05, 0.1) is 16.3 Å². The molecule has 7 heteroatoms. The number of hydrogen-bond donors (Lipinski definition) is 1. The second kappa shape index (κ2) is 6.60. The maximum absolute atomic E-state index is 11.7. The fourth-order valence-electron chi connectivity index (χ4n) is 2.63. The molecule has 6 nitrogen and oxygen atoms in total. The van der Waals surface area contributed by atoms with E-state index >= 15 is 0 Å². The van der Waals surface area contributed by atoms with Crippen molar-refractivity contribution in [2.24, 2.45) is 0 Å². The third-order valence-corrected chi connectivity index (χ3v) is 5.02. The molecule has 0 aliphatic carbocycles. The van der Waals surface area contributed by atoms with Gasteiger partial charge in [-0.05, 0) is 30.7 Å². The van der Waals surface area contributed by atoms with Gasteiger partial charge in [0.25, 0.3) is 0 Å². The van der Waals surface area contributed by atoms with Gasteiger partial charge in [-0.25, -0.2) is 23.4 Å². The highest BCUT2D eigenvalue weighted by Gasteiger charge is 2.15. The lowest BCUT2D eigenvalue weighted by atomic mass is 9.98. The Hall–Kier alpha value is -2.80. The van der Waals surface area contributed by atoms with E-state index in [0.717, 1.165) is 34.5 Å². The lowest BCUT2D eigenvalue weighted by Gasteiger charge is -2.13.